The van der Waals surface area contributed by atoms with Crippen LogP contribution in [-0.2, 0) is 9.53 Å². The van der Waals surface area contributed by atoms with Crippen LogP contribution in [0.2, 0.25) is 19.6 Å². The quantitative estimate of drug-likeness (QED) is 0.575. The lowest BCUT2D eigenvalue weighted by atomic mass is 10.1. The van der Waals surface area contributed by atoms with Crippen LogP contribution in [0.1, 0.15) is 33.6 Å². The van der Waals surface area contributed by atoms with Crippen molar-refractivity contribution >= 4 is 14.0 Å². The topological polar surface area (TPSA) is 29.5 Å². The molecule has 0 aromatic carbocycles. The van der Waals surface area contributed by atoms with E-state index in [1.807, 2.05) is 20.8 Å². The van der Waals surface area contributed by atoms with Crippen molar-refractivity contribution in [1.29, 1.82) is 0 Å². The average molecular weight is 257 g/mol. The summed E-state index contributed by atoms with van der Waals surface area (Å²) in [5.41, 5.74) is -0.371. The zero-order valence-electron chi connectivity index (χ0n) is 12.2. The average Bonchev–Trinajstić information content (AvgIpc) is 2.45. The van der Waals surface area contributed by atoms with Crippen molar-refractivity contribution in [3.8, 4) is 0 Å². The van der Waals surface area contributed by atoms with Crippen LogP contribution in [0.5, 0.6) is 0 Å². The van der Waals surface area contributed by atoms with Gasteiger partial charge in [0.1, 0.15) is 11.6 Å². The Hall–Kier alpha value is -0.353. The summed E-state index contributed by atoms with van der Waals surface area (Å²) >= 11 is 0. The molecule has 1 aliphatic rings. The Labute approximate surface area is 107 Å². The van der Waals surface area contributed by atoms with Crippen LogP contribution in [0.25, 0.3) is 0 Å². The van der Waals surface area contributed by atoms with Crippen molar-refractivity contribution in [2.45, 2.75) is 64.9 Å². The molecule has 4 heteroatoms. The van der Waals surface area contributed by atoms with Crippen molar-refractivity contribution in [1.82, 2.24) is 4.90 Å². The van der Waals surface area contributed by atoms with E-state index in [2.05, 4.69) is 24.5 Å². The van der Waals surface area contributed by atoms with Crippen LogP contribution in [-0.4, -0.2) is 43.3 Å². The number of rotatable bonds is 3. The number of hydrogen-bond donors (Lipinski definition) is 0. The summed E-state index contributed by atoms with van der Waals surface area (Å²) in [6, 6.07) is 0.000880. The third kappa shape index (κ3) is 5.21. The van der Waals surface area contributed by atoms with Crippen LogP contribution in [0.4, 0.5) is 0 Å². The van der Waals surface area contributed by atoms with Gasteiger partial charge in [0.15, 0.2) is 0 Å². The lowest BCUT2D eigenvalue weighted by Crippen LogP contribution is -2.47. The summed E-state index contributed by atoms with van der Waals surface area (Å²) in [5.74, 6) is -0.0340. The molecule has 0 spiro atoms. The normalized spacial score (nSPS) is 22.8. The number of ether oxygens (including phenoxy) is 1. The molecular weight excluding hydrogens is 230 g/mol. The predicted octanol–water partition coefficient (Wildman–Crippen LogP) is 2.67. The van der Waals surface area contributed by atoms with Gasteiger partial charge in [0.2, 0.25) is 0 Å². The van der Waals surface area contributed by atoms with E-state index in [9.17, 15) is 4.79 Å². The number of carbonyl (C=O) groups excluding carboxylic acids is 1. The lowest BCUT2D eigenvalue weighted by molar-refractivity contribution is -0.160. The molecule has 0 saturated carbocycles. The van der Waals surface area contributed by atoms with Gasteiger partial charge in [-0.2, -0.15) is 0 Å². The van der Waals surface area contributed by atoms with Crippen molar-refractivity contribution in [3.63, 3.8) is 0 Å². The molecule has 1 saturated heterocycles. The van der Waals surface area contributed by atoms with Crippen LogP contribution in [0.3, 0.4) is 0 Å². The molecule has 3 nitrogen and oxygen atoms in total. The second-order valence-electron chi connectivity index (χ2n) is 7.22. The second kappa shape index (κ2) is 5.10. The van der Waals surface area contributed by atoms with Gasteiger partial charge in [-0.25, -0.2) is 0 Å². The maximum Gasteiger partial charge on any atom is 0.323 e. The van der Waals surface area contributed by atoms with E-state index in [0.717, 1.165) is 25.6 Å². The Morgan fingerprint density at radius 2 is 1.94 bits per heavy atom. The molecule has 0 radical (unpaired) electrons. The summed E-state index contributed by atoms with van der Waals surface area (Å²) in [6.07, 6.45) is 3.17. The standard InChI is InChI=1S/C13H27NO2Si/c1-13(2,3)16-12(15)11-8-7-9-14(11)10-17(4,5)6/h11H,7-10H2,1-6H3. The van der Waals surface area contributed by atoms with Gasteiger partial charge in [0.05, 0.1) is 8.07 Å². The molecule has 0 bridgehead atoms. The molecule has 0 aromatic heterocycles. The minimum absolute atomic E-state index is 0.000880. The molecule has 100 valence electrons. The van der Waals surface area contributed by atoms with Crippen LogP contribution < -0.4 is 0 Å². The van der Waals surface area contributed by atoms with E-state index in [-0.39, 0.29) is 17.6 Å². The molecule has 1 aliphatic heterocycles. The van der Waals surface area contributed by atoms with Gasteiger partial charge in [-0.05, 0) is 46.3 Å². The number of hydrogen-bond acceptors (Lipinski definition) is 3. The number of carbonyl (C=O) groups is 1. The monoisotopic (exact) mass is 257 g/mol. The molecule has 1 fully saturated rings. The number of esters is 1. The molecule has 1 rings (SSSR count). The zero-order valence-corrected chi connectivity index (χ0v) is 13.2. The molecule has 1 heterocycles. The fraction of sp³-hybridized carbons (Fsp3) is 0.923. The van der Waals surface area contributed by atoms with Crippen LogP contribution >= 0.6 is 0 Å². The minimum atomic E-state index is -1.15. The Bertz CT molecular complexity index is 278. The zero-order chi connectivity index (χ0) is 13.3. The summed E-state index contributed by atoms with van der Waals surface area (Å²) in [5, 5.41) is 0. The Morgan fingerprint density at radius 1 is 1.35 bits per heavy atom. The van der Waals surface area contributed by atoms with Crippen molar-refractivity contribution in [2.24, 2.45) is 0 Å². The number of likely N-dealkylation sites (tertiary alicyclic amines) is 1. The molecule has 0 amide bonds. The smallest absolute Gasteiger partial charge is 0.323 e. The van der Waals surface area contributed by atoms with Crippen LogP contribution in [0.15, 0.2) is 0 Å². The number of nitrogens with zero attached hydrogens (tertiary/aromatic N) is 1. The Morgan fingerprint density at radius 3 is 2.41 bits per heavy atom. The first-order valence-corrected chi connectivity index (χ1v) is 10.3. The third-order valence-corrected chi connectivity index (χ3v) is 4.07. The van der Waals surface area contributed by atoms with Gasteiger partial charge in [-0.3, -0.25) is 9.69 Å². The maximum atomic E-state index is 12.1. The SMILES string of the molecule is CC(C)(C)OC(=O)C1CCCN1C[Si](C)(C)C. The maximum absolute atomic E-state index is 12.1. The highest BCUT2D eigenvalue weighted by Gasteiger charge is 2.35. The summed E-state index contributed by atoms with van der Waals surface area (Å²) in [4.78, 5) is 14.4. The first kappa shape index (κ1) is 14.7. The van der Waals surface area contributed by atoms with Crippen LogP contribution in [0, 0.1) is 0 Å². The fourth-order valence-electron chi connectivity index (χ4n) is 2.26. The van der Waals surface area contributed by atoms with E-state index >= 15 is 0 Å². The summed E-state index contributed by atoms with van der Waals surface area (Å²) in [7, 11) is -1.15. The molecule has 0 N–H and O–H groups in total. The highest BCUT2D eigenvalue weighted by Crippen LogP contribution is 2.22. The first-order chi connectivity index (χ1) is 7.58. The largest absolute Gasteiger partial charge is 0.459 e. The summed E-state index contributed by atoms with van der Waals surface area (Å²) < 4.78 is 5.50. The van der Waals surface area contributed by atoms with Gasteiger partial charge in [0, 0.05) is 0 Å². The molecule has 1 unspecified atom stereocenters. The van der Waals surface area contributed by atoms with Crippen molar-refractivity contribution in [2.75, 3.05) is 12.7 Å². The van der Waals surface area contributed by atoms with Gasteiger partial charge in [-0.1, -0.05) is 19.6 Å². The molecule has 1 atom stereocenters. The predicted molar refractivity (Wildman–Crippen MR) is 73.8 cm³/mol. The van der Waals surface area contributed by atoms with Gasteiger partial charge < -0.3 is 4.74 Å². The minimum Gasteiger partial charge on any atom is -0.459 e. The van der Waals surface area contributed by atoms with E-state index in [4.69, 9.17) is 4.74 Å². The molecule has 17 heavy (non-hydrogen) atoms. The van der Waals surface area contributed by atoms with E-state index in [0.29, 0.717) is 0 Å². The van der Waals surface area contributed by atoms with Crippen molar-refractivity contribution < 1.29 is 9.53 Å². The van der Waals surface area contributed by atoms with Gasteiger partial charge in [0.25, 0.3) is 0 Å². The van der Waals surface area contributed by atoms with E-state index in [1.54, 1.807) is 0 Å². The first-order valence-electron chi connectivity index (χ1n) is 6.55. The summed E-state index contributed by atoms with van der Waals surface area (Å²) in [6.45, 7) is 13.9. The highest BCUT2D eigenvalue weighted by atomic mass is 28.3. The van der Waals surface area contributed by atoms with Gasteiger partial charge >= 0.3 is 5.97 Å². The van der Waals surface area contributed by atoms with E-state index < -0.39 is 8.07 Å². The van der Waals surface area contributed by atoms with Gasteiger partial charge in [-0.15, -0.1) is 0 Å². The Kier molecular flexibility index (Phi) is 4.41. The molecule has 0 aliphatic carbocycles. The third-order valence-electron chi connectivity index (χ3n) is 2.72. The van der Waals surface area contributed by atoms with E-state index in [1.165, 1.54) is 0 Å². The van der Waals surface area contributed by atoms with Crippen molar-refractivity contribution in [3.05, 3.63) is 0 Å². The highest BCUT2D eigenvalue weighted by molar-refractivity contribution is 6.76. The Balaban J connectivity index is 2.60. The second-order valence-corrected chi connectivity index (χ2v) is 12.7. The molecular formula is C13H27NO2Si. The fourth-order valence-corrected chi connectivity index (χ4v) is 3.86. The molecule has 0 aromatic rings. The lowest BCUT2D eigenvalue weighted by Gasteiger charge is -2.31.